The average Bonchev–Trinajstić information content (AvgIpc) is 2.28. The van der Waals surface area contributed by atoms with Gasteiger partial charge in [0.2, 0.25) is 5.91 Å². The van der Waals surface area contributed by atoms with Gasteiger partial charge in [-0.3, -0.25) is 4.79 Å². The number of benzene rings is 1. The van der Waals surface area contributed by atoms with Crippen LogP contribution in [0.3, 0.4) is 0 Å². The number of aromatic carboxylic acids is 1. The molecular formula is C11H8ClNO5. The first-order valence-electron chi connectivity index (χ1n) is 4.65. The van der Waals surface area contributed by atoms with Gasteiger partial charge in [-0.15, -0.1) is 0 Å². The van der Waals surface area contributed by atoms with E-state index in [1.54, 1.807) is 0 Å². The molecule has 6 nitrogen and oxygen atoms in total. The Morgan fingerprint density at radius 1 is 1.17 bits per heavy atom. The highest BCUT2D eigenvalue weighted by Gasteiger charge is 2.10. The number of halogens is 1. The molecule has 18 heavy (non-hydrogen) atoms. The number of amides is 1. The second-order valence-corrected chi connectivity index (χ2v) is 3.57. The monoisotopic (exact) mass is 269 g/mol. The molecule has 0 unspecified atom stereocenters. The Hall–Kier alpha value is -2.34. The molecule has 7 heteroatoms. The molecule has 94 valence electrons. The number of nitrogens with one attached hydrogen (secondary N) is 1. The summed E-state index contributed by atoms with van der Waals surface area (Å²) in [4.78, 5) is 32.2. The van der Waals surface area contributed by atoms with Crippen LogP contribution in [-0.2, 0) is 9.59 Å². The molecule has 0 heterocycles. The number of carboxylic acid groups (broad SMARTS) is 2. The van der Waals surface area contributed by atoms with E-state index >= 15 is 0 Å². The van der Waals surface area contributed by atoms with Crippen LogP contribution in [0, 0.1) is 0 Å². The van der Waals surface area contributed by atoms with Gasteiger partial charge in [0.15, 0.2) is 0 Å². The fraction of sp³-hybridized carbons (Fsp3) is 0. The first-order chi connectivity index (χ1) is 8.40. The van der Waals surface area contributed by atoms with Crippen LogP contribution in [0.1, 0.15) is 10.4 Å². The average molecular weight is 270 g/mol. The largest absolute Gasteiger partial charge is 0.478 e. The summed E-state index contributed by atoms with van der Waals surface area (Å²) in [6.45, 7) is 0. The van der Waals surface area contributed by atoms with Crippen molar-refractivity contribution in [1.29, 1.82) is 0 Å². The lowest BCUT2D eigenvalue weighted by atomic mass is 10.2. The Labute approximate surface area is 106 Å². The summed E-state index contributed by atoms with van der Waals surface area (Å²) in [5, 5.41) is 19.5. The summed E-state index contributed by atoms with van der Waals surface area (Å²) in [6.07, 6.45) is 1.49. The second kappa shape index (κ2) is 5.83. The van der Waals surface area contributed by atoms with Crippen molar-refractivity contribution in [2.75, 3.05) is 5.32 Å². The molecule has 0 fully saturated rings. The van der Waals surface area contributed by atoms with Gasteiger partial charge >= 0.3 is 11.9 Å². The Morgan fingerprint density at radius 2 is 1.83 bits per heavy atom. The molecule has 3 N–H and O–H groups in total. The fourth-order valence-electron chi connectivity index (χ4n) is 1.10. The highest BCUT2D eigenvalue weighted by molar-refractivity contribution is 6.33. The van der Waals surface area contributed by atoms with Crippen LogP contribution >= 0.6 is 11.6 Å². The van der Waals surface area contributed by atoms with Crippen LogP contribution in [0.5, 0.6) is 0 Å². The third-order valence-corrected chi connectivity index (χ3v) is 2.17. The predicted octanol–water partition coefficient (Wildman–Crippen LogP) is 1.62. The van der Waals surface area contributed by atoms with Gasteiger partial charge in [0.25, 0.3) is 0 Å². The maximum atomic E-state index is 11.2. The number of carbonyl (C=O) groups is 3. The van der Waals surface area contributed by atoms with Crippen LogP contribution in [-0.4, -0.2) is 28.1 Å². The Balaban J connectivity index is 2.86. The van der Waals surface area contributed by atoms with Crippen LogP contribution in [0.4, 0.5) is 5.69 Å². The van der Waals surface area contributed by atoms with Crippen molar-refractivity contribution < 1.29 is 24.6 Å². The molecule has 1 amide bonds. The lowest BCUT2D eigenvalue weighted by Gasteiger charge is -2.04. The van der Waals surface area contributed by atoms with Crippen LogP contribution in [0.15, 0.2) is 30.4 Å². The molecule has 0 atom stereocenters. The van der Waals surface area contributed by atoms with Gasteiger partial charge in [-0.05, 0) is 18.2 Å². The third-order valence-electron chi connectivity index (χ3n) is 1.84. The van der Waals surface area contributed by atoms with Crippen molar-refractivity contribution in [3.8, 4) is 0 Å². The lowest BCUT2D eigenvalue weighted by molar-refractivity contribution is -0.131. The van der Waals surface area contributed by atoms with Gasteiger partial charge in [-0.2, -0.15) is 0 Å². The molecule has 1 aromatic rings. The number of hydrogen-bond donors (Lipinski definition) is 3. The molecule has 0 spiro atoms. The number of anilines is 1. The standard InChI is InChI=1S/C11H8ClNO5/c12-8-2-1-6(5-7(8)11(17)18)13-9(14)3-4-10(15)16/h1-5H,(H,13,14)(H,15,16)(H,17,18). The summed E-state index contributed by atoms with van der Waals surface area (Å²) in [6, 6.07) is 3.90. The molecule has 0 saturated heterocycles. The van der Waals surface area contributed by atoms with E-state index in [0.717, 1.165) is 6.08 Å². The minimum Gasteiger partial charge on any atom is -0.478 e. The molecular weight excluding hydrogens is 262 g/mol. The lowest BCUT2D eigenvalue weighted by Crippen LogP contribution is -2.09. The molecule has 0 aromatic heterocycles. The van der Waals surface area contributed by atoms with Crippen molar-refractivity contribution in [2.24, 2.45) is 0 Å². The predicted molar refractivity (Wildman–Crippen MR) is 63.8 cm³/mol. The van der Waals surface area contributed by atoms with Crippen molar-refractivity contribution in [1.82, 2.24) is 0 Å². The van der Waals surface area contributed by atoms with E-state index in [9.17, 15) is 14.4 Å². The molecule has 0 saturated carbocycles. The third kappa shape index (κ3) is 3.91. The summed E-state index contributed by atoms with van der Waals surface area (Å²) in [5.74, 6) is -3.17. The zero-order valence-corrected chi connectivity index (χ0v) is 9.64. The van der Waals surface area contributed by atoms with E-state index in [-0.39, 0.29) is 16.3 Å². The maximum Gasteiger partial charge on any atom is 0.337 e. The van der Waals surface area contributed by atoms with Crippen LogP contribution < -0.4 is 5.32 Å². The SMILES string of the molecule is O=C(O)C=CC(=O)Nc1ccc(Cl)c(C(=O)O)c1. The molecule has 1 aromatic carbocycles. The van der Waals surface area contributed by atoms with Crippen molar-refractivity contribution in [3.05, 3.63) is 40.9 Å². The molecule has 0 bridgehead atoms. The Bertz CT molecular complexity index is 538. The van der Waals surface area contributed by atoms with E-state index in [2.05, 4.69) is 5.32 Å². The number of carbonyl (C=O) groups excluding carboxylic acids is 1. The Kier molecular flexibility index (Phi) is 4.45. The molecule has 0 aliphatic rings. The van der Waals surface area contributed by atoms with Gasteiger partial charge in [-0.25, -0.2) is 9.59 Å². The molecule has 0 radical (unpaired) electrons. The topological polar surface area (TPSA) is 104 Å². The van der Waals surface area contributed by atoms with Gasteiger partial charge in [0.05, 0.1) is 10.6 Å². The molecule has 0 aliphatic heterocycles. The van der Waals surface area contributed by atoms with Gasteiger partial charge in [-0.1, -0.05) is 11.6 Å². The Morgan fingerprint density at radius 3 is 2.39 bits per heavy atom. The zero-order valence-electron chi connectivity index (χ0n) is 8.88. The summed E-state index contributed by atoms with van der Waals surface area (Å²) in [5.41, 5.74) is 0.0496. The van der Waals surface area contributed by atoms with Crippen LogP contribution in [0.25, 0.3) is 0 Å². The van der Waals surface area contributed by atoms with Crippen molar-refractivity contribution >= 4 is 35.1 Å². The minimum atomic E-state index is -1.26. The summed E-state index contributed by atoms with van der Waals surface area (Å²) >= 11 is 5.65. The summed E-state index contributed by atoms with van der Waals surface area (Å²) in [7, 11) is 0. The normalized spacial score (nSPS) is 10.3. The quantitative estimate of drug-likeness (QED) is 0.721. The molecule has 0 aliphatic carbocycles. The minimum absolute atomic E-state index is 0.0431. The van der Waals surface area contributed by atoms with E-state index in [1.165, 1.54) is 18.2 Å². The second-order valence-electron chi connectivity index (χ2n) is 3.16. The van der Waals surface area contributed by atoms with Crippen molar-refractivity contribution in [2.45, 2.75) is 0 Å². The van der Waals surface area contributed by atoms with Crippen molar-refractivity contribution in [3.63, 3.8) is 0 Å². The first-order valence-corrected chi connectivity index (χ1v) is 5.03. The number of hydrogen-bond acceptors (Lipinski definition) is 3. The van der Waals surface area contributed by atoms with E-state index in [4.69, 9.17) is 21.8 Å². The van der Waals surface area contributed by atoms with E-state index < -0.39 is 17.8 Å². The highest BCUT2D eigenvalue weighted by Crippen LogP contribution is 2.20. The number of rotatable bonds is 4. The van der Waals surface area contributed by atoms with Gasteiger partial charge in [0, 0.05) is 17.8 Å². The van der Waals surface area contributed by atoms with E-state index in [0.29, 0.717) is 6.08 Å². The smallest absolute Gasteiger partial charge is 0.337 e. The molecule has 1 rings (SSSR count). The van der Waals surface area contributed by atoms with E-state index in [1.807, 2.05) is 0 Å². The number of aliphatic carboxylic acids is 1. The van der Waals surface area contributed by atoms with Gasteiger partial charge in [0.1, 0.15) is 0 Å². The summed E-state index contributed by atoms with van der Waals surface area (Å²) < 4.78 is 0. The zero-order chi connectivity index (χ0) is 13.7. The first kappa shape index (κ1) is 13.7. The van der Waals surface area contributed by atoms with Crippen LogP contribution in [0.2, 0.25) is 5.02 Å². The fourth-order valence-corrected chi connectivity index (χ4v) is 1.30. The number of carboxylic acids is 2. The highest BCUT2D eigenvalue weighted by atomic mass is 35.5. The van der Waals surface area contributed by atoms with Gasteiger partial charge < -0.3 is 15.5 Å². The maximum absolute atomic E-state index is 11.2.